The Hall–Kier alpha value is -0.240. The number of hydrogen-bond acceptors (Lipinski definition) is 2. The molecule has 0 rings (SSSR count). The van der Waals surface area contributed by atoms with Gasteiger partial charge >= 0.3 is 0 Å². The van der Waals surface area contributed by atoms with Gasteiger partial charge < -0.3 is 0 Å². The molecule has 0 aliphatic heterocycles. The number of hydrogen-bond donors (Lipinski definition) is 0. The first-order valence-corrected chi connectivity index (χ1v) is 4.38. The van der Waals surface area contributed by atoms with Crippen molar-refractivity contribution in [2.24, 2.45) is 4.99 Å². The number of thioether (sulfide) groups is 1. The minimum atomic E-state index is 1.07. The molecule has 0 radical (unpaired) electrons. The van der Waals surface area contributed by atoms with Gasteiger partial charge in [-0.25, -0.2) is 0 Å². The Labute approximate surface area is 67.6 Å². The number of rotatable bonds is 3. The van der Waals surface area contributed by atoms with Gasteiger partial charge in [0, 0.05) is 12.8 Å². The summed E-state index contributed by atoms with van der Waals surface area (Å²) in [5, 5.41) is 0. The van der Waals surface area contributed by atoms with Crippen LogP contribution in [-0.4, -0.2) is 18.3 Å². The van der Waals surface area contributed by atoms with Crippen LogP contribution in [-0.2, 0) is 0 Å². The first-order valence-electron chi connectivity index (χ1n) is 3.33. The second kappa shape index (κ2) is 5.54. The third-order valence-corrected chi connectivity index (χ3v) is 2.29. The molecule has 0 N–H and O–H groups in total. The highest BCUT2D eigenvalue weighted by atomic mass is 32.2. The lowest BCUT2D eigenvalue weighted by molar-refractivity contribution is 1.24. The molecule has 0 spiro atoms. The van der Waals surface area contributed by atoms with Crippen LogP contribution in [0.15, 0.2) is 16.1 Å². The molecule has 0 aliphatic rings. The number of allylic oxidation sites excluding steroid dienone is 1. The van der Waals surface area contributed by atoms with Crippen LogP contribution in [0, 0.1) is 0 Å². The van der Waals surface area contributed by atoms with Gasteiger partial charge in [-0.1, -0.05) is 11.1 Å². The summed E-state index contributed by atoms with van der Waals surface area (Å²) in [6.45, 7) is 6.43. The summed E-state index contributed by atoms with van der Waals surface area (Å²) in [5.41, 5.74) is 4.74. The standard InChI is InChI=1S/C8H15NS/c1-7(2)8(3)5-10-6-9-4/h6H,5H2,1-4H3. The van der Waals surface area contributed by atoms with Crippen LogP contribution in [0.1, 0.15) is 20.8 Å². The van der Waals surface area contributed by atoms with E-state index in [0.717, 1.165) is 5.75 Å². The molecule has 0 bridgehead atoms. The Bertz CT molecular complexity index is 143. The molecule has 0 saturated carbocycles. The molecule has 0 aromatic rings. The summed E-state index contributed by atoms with van der Waals surface area (Å²) in [7, 11) is 1.80. The zero-order valence-electron chi connectivity index (χ0n) is 7.14. The second-order valence-corrected chi connectivity index (χ2v) is 3.29. The molecule has 0 atom stereocenters. The number of aliphatic imine (C=N–C) groups is 1. The van der Waals surface area contributed by atoms with Crippen molar-refractivity contribution in [3.05, 3.63) is 11.1 Å². The summed E-state index contributed by atoms with van der Waals surface area (Å²) >= 11 is 1.74. The van der Waals surface area contributed by atoms with E-state index in [1.165, 1.54) is 11.1 Å². The lowest BCUT2D eigenvalue weighted by Gasteiger charge is -1.98. The van der Waals surface area contributed by atoms with Crippen LogP contribution >= 0.6 is 11.8 Å². The van der Waals surface area contributed by atoms with Crippen molar-refractivity contribution in [1.82, 2.24) is 0 Å². The Balaban J connectivity index is 3.60. The Morgan fingerprint density at radius 1 is 1.40 bits per heavy atom. The molecular formula is C8H15NS. The quantitative estimate of drug-likeness (QED) is 0.348. The fraction of sp³-hybridized carbons (Fsp3) is 0.625. The maximum Gasteiger partial charge on any atom is 0.0540 e. The fourth-order valence-corrected chi connectivity index (χ4v) is 1.14. The van der Waals surface area contributed by atoms with Crippen molar-refractivity contribution in [1.29, 1.82) is 0 Å². The van der Waals surface area contributed by atoms with Gasteiger partial charge in [-0.05, 0) is 20.8 Å². The zero-order valence-corrected chi connectivity index (χ0v) is 7.96. The molecular weight excluding hydrogens is 142 g/mol. The Morgan fingerprint density at radius 3 is 2.40 bits per heavy atom. The van der Waals surface area contributed by atoms with Gasteiger partial charge in [0.25, 0.3) is 0 Å². The van der Waals surface area contributed by atoms with E-state index in [9.17, 15) is 0 Å². The first-order chi connectivity index (χ1) is 4.68. The SMILES string of the molecule is CN=CSCC(C)=C(C)C. The minimum absolute atomic E-state index is 1.07. The predicted molar refractivity (Wildman–Crippen MR) is 50.9 cm³/mol. The van der Waals surface area contributed by atoms with E-state index in [2.05, 4.69) is 25.8 Å². The number of nitrogens with zero attached hydrogens (tertiary/aromatic N) is 1. The average molecular weight is 157 g/mol. The second-order valence-electron chi connectivity index (χ2n) is 2.45. The molecule has 58 valence electrons. The molecule has 0 amide bonds. The van der Waals surface area contributed by atoms with Gasteiger partial charge in [0.2, 0.25) is 0 Å². The van der Waals surface area contributed by atoms with E-state index in [-0.39, 0.29) is 0 Å². The van der Waals surface area contributed by atoms with Crippen molar-refractivity contribution >= 4 is 17.3 Å². The van der Waals surface area contributed by atoms with E-state index in [1.54, 1.807) is 18.8 Å². The van der Waals surface area contributed by atoms with E-state index < -0.39 is 0 Å². The van der Waals surface area contributed by atoms with E-state index in [1.807, 2.05) is 5.55 Å². The van der Waals surface area contributed by atoms with Crippen molar-refractivity contribution in [3.63, 3.8) is 0 Å². The monoisotopic (exact) mass is 157 g/mol. The molecule has 0 aromatic heterocycles. The molecule has 0 saturated heterocycles. The largest absolute Gasteiger partial charge is 0.290 e. The molecule has 0 unspecified atom stereocenters. The summed E-state index contributed by atoms with van der Waals surface area (Å²) in [5.74, 6) is 1.07. The molecule has 0 heterocycles. The lowest BCUT2D eigenvalue weighted by atomic mass is 10.2. The van der Waals surface area contributed by atoms with E-state index in [4.69, 9.17) is 0 Å². The smallest absolute Gasteiger partial charge is 0.0540 e. The Morgan fingerprint density at radius 2 is 2.00 bits per heavy atom. The fourth-order valence-electron chi connectivity index (χ4n) is 0.381. The summed E-state index contributed by atoms with van der Waals surface area (Å²) in [4.78, 5) is 3.88. The van der Waals surface area contributed by atoms with Crippen molar-refractivity contribution < 1.29 is 0 Å². The summed E-state index contributed by atoms with van der Waals surface area (Å²) in [6.07, 6.45) is 0. The average Bonchev–Trinajstić information content (AvgIpc) is 1.88. The summed E-state index contributed by atoms with van der Waals surface area (Å²) < 4.78 is 0. The molecule has 0 fully saturated rings. The third kappa shape index (κ3) is 4.62. The molecule has 0 aromatic carbocycles. The minimum Gasteiger partial charge on any atom is -0.290 e. The van der Waals surface area contributed by atoms with E-state index in [0.29, 0.717) is 0 Å². The topological polar surface area (TPSA) is 12.4 Å². The van der Waals surface area contributed by atoms with Crippen LogP contribution in [0.25, 0.3) is 0 Å². The first kappa shape index (κ1) is 9.76. The molecule has 1 nitrogen and oxygen atoms in total. The van der Waals surface area contributed by atoms with Gasteiger partial charge in [0.15, 0.2) is 0 Å². The molecule has 10 heavy (non-hydrogen) atoms. The summed E-state index contributed by atoms with van der Waals surface area (Å²) in [6, 6.07) is 0. The van der Waals surface area contributed by atoms with Gasteiger partial charge in [-0.15, -0.1) is 11.8 Å². The van der Waals surface area contributed by atoms with Crippen LogP contribution < -0.4 is 0 Å². The van der Waals surface area contributed by atoms with Gasteiger partial charge in [-0.2, -0.15) is 0 Å². The van der Waals surface area contributed by atoms with E-state index >= 15 is 0 Å². The van der Waals surface area contributed by atoms with Crippen LogP contribution in [0.5, 0.6) is 0 Å². The highest BCUT2D eigenvalue weighted by Gasteiger charge is 1.89. The third-order valence-electron chi connectivity index (χ3n) is 1.33. The highest BCUT2D eigenvalue weighted by Crippen LogP contribution is 2.08. The zero-order chi connectivity index (χ0) is 7.98. The van der Waals surface area contributed by atoms with Crippen LogP contribution in [0.4, 0.5) is 0 Å². The van der Waals surface area contributed by atoms with Crippen LogP contribution in [0.3, 0.4) is 0 Å². The predicted octanol–water partition coefficient (Wildman–Crippen LogP) is 2.73. The highest BCUT2D eigenvalue weighted by molar-refractivity contribution is 8.12. The Kier molecular flexibility index (Phi) is 5.40. The lowest BCUT2D eigenvalue weighted by Crippen LogP contribution is -1.83. The van der Waals surface area contributed by atoms with Gasteiger partial charge in [0.1, 0.15) is 0 Å². The van der Waals surface area contributed by atoms with Crippen molar-refractivity contribution in [2.75, 3.05) is 12.8 Å². The normalized spacial score (nSPS) is 10.4. The maximum atomic E-state index is 3.88. The van der Waals surface area contributed by atoms with Gasteiger partial charge in [-0.3, -0.25) is 4.99 Å². The van der Waals surface area contributed by atoms with Gasteiger partial charge in [0.05, 0.1) is 5.55 Å². The van der Waals surface area contributed by atoms with Crippen LogP contribution in [0.2, 0.25) is 0 Å². The van der Waals surface area contributed by atoms with Crippen molar-refractivity contribution in [2.45, 2.75) is 20.8 Å². The molecule has 2 heteroatoms. The molecule has 0 aliphatic carbocycles. The van der Waals surface area contributed by atoms with Crippen molar-refractivity contribution in [3.8, 4) is 0 Å². The maximum absolute atomic E-state index is 3.88.